The van der Waals surface area contributed by atoms with Crippen LogP contribution < -0.4 is 0 Å². The molecule has 1 N–H and O–H groups in total. The Morgan fingerprint density at radius 2 is 1.31 bits per heavy atom. The first-order valence-corrected chi connectivity index (χ1v) is 11.0. The van der Waals surface area contributed by atoms with Gasteiger partial charge < -0.3 is 14.7 Å². The van der Waals surface area contributed by atoms with Gasteiger partial charge in [0.25, 0.3) is 0 Å². The summed E-state index contributed by atoms with van der Waals surface area (Å²) in [4.78, 5) is 13.7. The zero-order valence-electron chi connectivity index (χ0n) is 19.6. The predicted molar refractivity (Wildman–Crippen MR) is 117 cm³/mol. The van der Waals surface area contributed by atoms with E-state index in [-0.39, 0.29) is 12.1 Å². The fourth-order valence-electron chi connectivity index (χ4n) is 2.13. The summed E-state index contributed by atoms with van der Waals surface area (Å²) < 4.78 is 5.39. The Hall–Kier alpha value is -0.610. The molecule has 0 aliphatic carbocycles. The molecule has 162 valence electrons. The van der Waals surface area contributed by atoms with Gasteiger partial charge >= 0.3 is 5.97 Å². The number of rotatable bonds is 13. The average molecular weight is 378 g/mol. The summed E-state index contributed by atoms with van der Waals surface area (Å²) in [6.45, 7) is 15.2. The molecule has 0 aliphatic rings. The van der Waals surface area contributed by atoms with E-state index in [2.05, 4.69) is 4.90 Å². The molecule has 0 fully saturated rings. The van der Waals surface area contributed by atoms with Crippen LogP contribution in [0.2, 0.25) is 0 Å². The van der Waals surface area contributed by atoms with Crippen molar-refractivity contribution in [3.63, 3.8) is 0 Å². The van der Waals surface area contributed by atoms with Crippen LogP contribution in [-0.4, -0.2) is 49.3 Å². The first kappa shape index (κ1) is 33.0. The second-order valence-electron chi connectivity index (χ2n) is 5.84. The smallest absolute Gasteiger partial charge is 0.306 e. The molecule has 0 heterocycles. The molecule has 0 amide bonds. The van der Waals surface area contributed by atoms with Crippen molar-refractivity contribution < 1.29 is 14.6 Å². The summed E-state index contributed by atoms with van der Waals surface area (Å²) in [6, 6.07) is 0. The summed E-state index contributed by atoms with van der Waals surface area (Å²) in [7, 11) is 4.02. The molecular weight excluding hydrogens is 326 g/mol. The number of ether oxygens (including phenoxy) is 1. The van der Waals surface area contributed by atoms with Gasteiger partial charge in [0.15, 0.2) is 0 Å². The molecule has 0 aromatic heterocycles. The molecule has 0 saturated heterocycles. The molecule has 0 bridgehead atoms. The first-order chi connectivity index (χ1) is 12.6. The van der Waals surface area contributed by atoms with E-state index in [1.165, 1.54) is 19.3 Å². The van der Waals surface area contributed by atoms with Gasteiger partial charge in [0.2, 0.25) is 0 Å². The number of carbonyl (C=O) groups is 1. The predicted octanol–water partition coefficient (Wildman–Crippen LogP) is 6.06. The monoisotopic (exact) mass is 377 g/mol. The van der Waals surface area contributed by atoms with Gasteiger partial charge in [-0.15, -0.1) is 0 Å². The maximum Gasteiger partial charge on any atom is 0.306 e. The molecule has 0 aliphatic heterocycles. The second kappa shape index (κ2) is 32.1. The highest BCUT2D eigenvalue weighted by Crippen LogP contribution is 2.11. The summed E-state index contributed by atoms with van der Waals surface area (Å²) in [5.41, 5.74) is 0. The Bertz CT molecular complexity index is 233. The van der Waals surface area contributed by atoms with Crippen molar-refractivity contribution in [1.29, 1.82) is 0 Å². The highest BCUT2D eigenvalue weighted by atomic mass is 16.5. The Morgan fingerprint density at radius 1 is 0.846 bits per heavy atom. The van der Waals surface area contributed by atoms with Crippen LogP contribution in [-0.2, 0) is 9.53 Å². The van der Waals surface area contributed by atoms with Crippen LogP contribution in [0.5, 0.6) is 0 Å². The number of aliphatic hydroxyl groups excluding tert-OH is 1. The van der Waals surface area contributed by atoms with Crippen molar-refractivity contribution >= 4 is 5.97 Å². The zero-order chi connectivity index (χ0) is 21.2. The fourth-order valence-corrected chi connectivity index (χ4v) is 2.13. The number of hydrogen-bond acceptors (Lipinski definition) is 4. The summed E-state index contributed by atoms with van der Waals surface area (Å²) >= 11 is 0. The first-order valence-electron chi connectivity index (χ1n) is 11.0. The molecule has 4 heteroatoms. The molecular formula is C22H51NO3. The van der Waals surface area contributed by atoms with Crippen molar-refractivity contribution in [1.82, 2.24) is 4.90 Å². The number of nitrogens with zero attached hydrogens (tertiary/aromatic N) is 1. The van der Waals surface area contributed by atoms with Gasteiger partial charge in [-0.05, 0) is 53.2 Å². The third-order valence-corrected chi connectivity index (χ3v) is 3.34. The molecule has 1 atom stereocenters. The normalized spacial score (nSPS) is 10.4. The van der Waals surface area contributed by atoms with Gasteiger partial charge in [-0.2, -0.15) is 0 Å². The Labute approximate surface area is 165 Å². The molecule has 0 spiro atoms. The van der Waals surface area contributed by atoms with E-state index < -0.39 is 0 Å². The molecule has 4 nitrogen and oxygen atoms in total. The lowest BCUT2D eigenvalue weighted by Crippen LogP contribution is -2.18. The van der Waals surface area contributed by atoms with Crippen LogP contribution in [0.1, 0.15) is 106 Å². The minimum absolute atomic E-state index is 0.0410. The summed E-state index contributed by atoms with van der Waals surface area (Å²) in [6.07, 6.45) is 9.13. The minimum Gasteiger partial charge on any atom is -0.463 e. The van der Waals surface area contributed by atoms with Crippen molar-refractivity contribution in [3.8, 4) is 0 Å². The van der Waals surface area contributed by atoms with Crippen LogP contribution in [0.25, 0.3) is 0 Å². The van der Waals surface area contributed by atoms with Crippen LogP contribution in [0.15, 0.2) is 0 Å². The highest BCUT2D eigenvalue weighted by molar-refractivity contribution is 5.69. The fraction of sp³-hybridized carbons (Fsp3) is 0.955. The Kier molecular flexibility index (Phi) is 40.8. The van der Waals surface area contributed by atoms with Crippen LogP contribution >= 0.6 is 0 Å². The minimum atomic E-state index is -0.0673. The van der Waals surface area contributed by atoms with E-state index in [0.29, 0.717) is 13.0 Å². The topological polar surface area (TPSA) is 49.8 Å². The summed E-state index contributed by atoms with van der Waals surface area (Å²) in [5.74, 6) is -0.0673. The number of unbranched alkanes of at least 4 members (excludes halogenated alkanes) is 5. The van der Waals surface area contributed by atoms with Crippen LogP contribution in [0.4, 0.5) is 0 Å². The average Bonchev–Trinajstić information content (AvgIpc) is 2.65. The number of carbonyl (C=O) groups excluding carboxylic acids is 1. The van der Waals surface area contributed by atoms with Crippen molar-refractivity contribution in [2.75, 3.05) is 27.2 Å². The van der Waals surface area contributed by atoms with E-state index in [4.69, 9.17) is 9.84 Å². The molecule has 0 aromatic rings. The molecule has 0 rings (SSSR count). The van der Waals surface area contributed by atoms with E-state index >= 15 is 0 Å². The van der Waals surface area contributed by atoms with E-state index in [1.807, 2.05) is 62.6 Å². The van der Waals surface area contributed by atoms with Crippen LogP contribution in [0, 0.1) is 0 Å². The van der Waals surface area contributed by atoms with Gasteiger partial charge in [0, 0.05) is 13.0 Å². The van der Waals surface area contributed by atoms with Gasteiger partial charge in [0.05, 0.1) is 6.10 Å². The SMILES string of the molecule is CC.CC.CC.CC(CCCCCCCCO)OC(=O)CCCN(C)C. The third-order valence-electron chi connectivity index (χ3n) is 3.34. The quantitative estimate of drug-likeness (QED) is 0.313. The van der Waals surface area contributed by atoms with Gasteiger partial charge in [-0.25, -0.2) is 0 Å². The summed E-state index contributed by atoms with van der Waals surface area (Å²) in [5, 5.41) is 8.67. The molecule has 0 aromatic carbocycles. The van der Waals surface area contributed by atoms with E-state index in [0.717, 1.165) is 38.6 Å². The maximum atomic E-state index is 11.6. The lowest BCUT2D eigenvalue weighted by atomic mass is 10.1. The highest BCUT2D eigenvalue weighted by Gasteiger charge is 2.09. The lowest BCUT2D eigenvalue weighted by molar-refractivity contribution is -0.148. The van der Waals surface area contributed by atoms with E-state index in [1.54, 1.807) is 0 Å². The molecule has 26 heavy (non-hydrogen) atoms. The Morgan fingerprint density at radius 3 is 1.77 bits per heavy atom. The lowest BCUT2D eigenvalue weighted by Gasteiger charge is -2.14. The molecule has 0 saturated carbocycles. The number of hydrogen-bond donors (Lipinski definition) is 1. The van der Waals surface area contributed by atoms with Crippen molar-refractivity contribution in [3.05, 3.63) is 0 Å². The van der Waals surface area contributed by atoms with Crippen molar-refractivity contribution in [2.45, 2.75) is 112 Å². The second-order valence-corrected chi connectivity index (χ2v) is 5.84. The van der Waals surface area contributed by atoms with Gasteiger partial charge in [0.1, 0.15) is 0 Å². The van der Waals surface area contributed by atoms with Crippen molar-refractivity contribution in [2.24, 2.45) is 0 Å². The molecule has 0 radical (unpaired) electrons. The Balaban J connectivity index is -0.000000362. The van der Waals surface area contributed by atoms with Gasteiger partial charge in [-0.1, -0.05) is 67.2 Å². The zero-order valence-corrected chi connectivity index (χ0v) is 19.6. The standard InChI is InChI=1S/C16H33NO3.3C2H6/c1-15(11-8-6-4-5-7-9-14-18)20-16(19)12-10-13-17(2)3;3*1-2/h15,18H,4-14H2,1-3H3;3*1-2H3. The van der Waals surface area contributed by atoms with E-state index in [9.17, 15) is 4.79 Å². The molecule has 1 unspecified atom stereocenters. The van der Waals surface area contributed by atoms with Gasteiger partial charge in [-0.3, -0.25) is 4.79 Å². The maximum absolute atomic E-state index is 11.6. The van der Waals surface area contributed by atoms with Crippen LogP contribution in [0.3, 0.4) is 0 Å². The number of esters is 1. The largest absolute Gasteiger partial charge is 0.463 e. The third kappa shape index (κ3) is 34.7. The number of aliphatic hydroxyl groups is 1.